The lowest BCUT2D eigenvalue weighted by atomic mass is 9.96. The summed E-state index contributed by atoms with van der Waals surface area (Å²) in [7, 11) is -3.11. The van der Waals surface area contributed by atoms with E-state index in [0.29, 0.717) is 31.9 Å². The van der Waals surface area contributed by atoms with Crippen molar-refractivity contribution in [2.24, 2.45) is 5.92 Å². The van der Waals surface area contributed by atoms with Crippen molar-refractivity contribution in [3.05, 3.63) is 35.9 Å². The Morgan fingerprint density at radius 2 is 1.56 bits per heavy atom. The number of nitrogens with zero attached hydrogens (tertiary/aromatic N) is 2. The molecule has 16 nitrogen and oxygen atoms in total. The van der Waals surface area contributed by atoms with Crippen molar-refractivity contribution >= 4 is 33.9 Å². The fraction of sp³-hybridized carbons (Fsp3) is 0.677. The zero-order chi connectivity index (χ0) is 35.1. The number of methoxy groups -OCH3 is 1. The topological polar surface area (TPSA) is 205 Å². The number of hydrogen-bond donors (Lipinski definition) is 5. The van der Waals surface area contributed by atoms with Gasteiger partial charge in [0, 0.05) is 39.3 Å². The summed E-state index contributed by atoms with van der Waals surface area (Å²) in [5, 5.41) is 18.7. The second-order valence-corrected chi connectivity index (χ2v) is 13.9. The summed E-state index contributed by atoms with van der Waals surface area (Å²) in [6.45, 7) is 8.11. The first kappa shape index (κ1) is 39.3. The van der Waals surface area contributed by atoms with E-state index in [1.807, 2.05) is 13.8 Å². The maximum absolute atomic E-state index is 13.6. The minimum Gasteiger partial charge on any atom is -0.467 e. The number of carbonyl (C=O) groups excluding carboxylic acids is 4. The predicted octanol–water partition coefficient (Wildman–Crippen LogP) is -1.85. The summed E-state index contributed by atoms with van der Waals surface area (Å²) >= 11 is 0. The first-order chi connectivity index (χ1) is 22.9. The van der Waals surface area contributed by atoms with Crippen LogP contribution in [-0.4, -0.2) is 143 Å². The molecule has 0 radical (unpaired) electrons. The molecule has 2 heterocycles. The molecule has 3 rings (SSSR count). The Balaban J connectivity index is 1.70. The van der Waals surface area contributed by atoms with E-state index >= 15 is 0 Å². The monoisotopic (exact) mass is 698 g/mol. The first-order valence-electron chi connectivity index (χ1n) is 16.2. The number of rotatable bonds is 18. The van der Waals surface area contributed by atoms with Crippen LogP contribution in [0.2, 0.25) is 0 Å². The Labute approximate surface area is 282 Å². The average molecular weight is 699 g/mol. The van der Waals surface area contributed by atoms with Gasteiger partial charge in [0.15, 0.2) is 0 Å². The molecule has 1 unspecified atom stereocenters. The lowest BCUT2D eigenvalue weighted by Crippen LogP contribution is -2.60. The van der Waals surface area contributed by atoms with Crippen molar-refractivity contribution in [3.8, 4) is 0 Å². The number of morpholine rings is 2. The van der Waals surface area contributed by atoms with Crippen molar-refractivity contribution < 1.29 is 46.9 Å². The van der Waals surface area contributed by atoms with Gasteiger partial charge < -0.3 is 35.3 Å². The molecule has 2 saturated heterocycles. The molecule has 5 N–H and O–H groups in total. The molecule has 0 spiro atoms. The van der Waals surface area contributed by atoms with Gasteiger partial charge in [0.05, 0.1) is 52.1 Å². The molecule has 270 valence electrons. The number of nitrogens with one attached hydrogen (secondary N) is 4. The third kappa shape index (κ3) is 13.0. The van der Waals surface area contributed by atoms with E-state index in [1.54, 1.807) is 30.3 Å². The number of amides is 3. The Hall–Kier alpha value is -3.19. The number of aliphatic hydroxyl groups is 1. The van der Waals surface area contributed by atoms with Crippen LogP contribution in [0.3, 0.4) is 0 Å². The molecule has 2 fully saturated rings. The third-order valence-electron chi connectivity index (χ3n) is 7.95. The number of ether oxygens (including phenoxy) is 3. The Morgan fingerprint density at radius 1 is 0.938 bits per heavy atom. The molecule has 4 atom stereocenters. The summed E-state index contributed by atoms with van der Waals surface area (Å²) in [5.41, 5.74) is 0.629. The highest BCUT2D eigenvalue weighted by Crippen LogP contribution is 2.13. The highest BCUT2D eigenvalue weighted by molar-refractivity contribution is 7.87. The van der Waals surface area contributed by atoms with Gasteiger partial charge in [0.25, 0.3) is 16.1 Å². The van der Waals surface area contributed by atoms with Crippen LogP contribution in [0.4, 0.5) is 0 Å². The second kappa shape index (κ2) is 19.7. The van der Waals surface area contributed by atoms with Gasteiger partial charge in [0.1, 0.15) is 6.04 Å². The van der Waals surface area contributed by atoms with Crippen LogP contribution in [0.25, 0.3) is 0 Å². The summed E-state index contributed by atoms with van der Waals surface area (Å²) in [5.74, 6) is -3.46. The Bertz CT molecular complexity index is 1290. The van der Waals surface area contributed by atoms with E-state index in [9.17, 15) is 32.7 Å². The standard InChI is InChI=1S/C31H50N6O10S/c1-22(2)19-24(26(38)21-27(39)32-9-10-36-11-15-46-16-12-36)33-30(41)28(31(42)45-3)34-29(40)25(20-23-7-5-4-6-8-23)35-48(43,44)37-13-17-47-18-14-37/h4-8,22,24-26,28,35,38H,9-21H2,1-3H3,(H,32,39)(H,33,41)(H,34,40)/t24-,25-,26-,28?/m0/s1. The molecule has 0 aliphatic carbocycles. The van der Waals surface area contributed by atoms with Gasteiger partial charge in [-0.1, -0.05) is 44.2 Å². The van der Waals surface area contributed by atoms with Crippen molar-refractivity contribution in [2.75, 3.05) is 72.8 Å². The molecular formula is C31H50N6O10S. The van der Waals surface area contributed by atoms with Gasteiger partial charge in [0.2, 0.25) is 17.9 Å². The smallest absolute Gasteiger partial charge is 0.338 e. The first-order valence-corrected chi connectivity index (χ1v) is 17.7. The van der Waals surface area contributed by atoms with E-state index in [1.165, 1.54) is 0 Å². The SMILES string of the molecule is COC(=O)C(NC(=O)[C@H](Cc1ccccc1)NS(=O)(=O)N1CCOCC1)C(=O)N[C@@H](CC(C)C)[C@@H](O)CC(=O)NCCN1CCOCC1. The van der Waals surface area contributed by atoms with Crippen LogP contribution >= 0.6 is 0 Å². The number of hydrogen-bond acceptors (Lipinski definition) is 11. The van der Waals surface area contributed by atoms with Crippen molar-refractivity contribution in [1.82, 2.24) is 29.9 Å². The van der Waals surface area contributed by atoms with Crippen LogP contribution in [0.5, 0.6) is 0 Å². The van der Waals surface area contributed by atoms with Gasteiger partial charge >= 0.3 is 5.97 Å². The number of aliphatic hydroxyl groups excluding tert-OH is 1. The van der Waals surface area contributed by atoms with Crippen LogP contribution in [-0.2, 0) is 50.0 Å². The van der Waals surface area contributed by atoms with Crippen molar-refractivity contribution in [2.45, 2.75) is 57.3 Å². The van der Waals surface area contributed by atoms with E-state index in [4.69, 9.17) is 14.2 Å². The minimum atomic E-state index is -4.15. The molecule has 17 heteroatoms. The number of benzene rings is 1. The molecule has 48 heavy (non-hydrogen) atoms. The van der Waals surface area contributed by atoms with Gasteiger partial charge in [-0.3, -0.25) is 19.3 Å². The zero-order valence-electron chi connectivity index (χ0n) is 27.9. The van der Waals surface area contributed by atoms with Gasteiger partial charge in [-0.15, -0.1) is 0 Å². The molecule has 0 aromatic heterocycles. The van der Waals surface area contributed by atoms with Crippen LogP contribution in [0.1, 0.15) is 32.3 Å². The van der Waals surface area contributed by atoms with E-state index in [0.717, 1.165) is 24.5 Å². The molecule has 2 aliphatic rings. The summed E-state index contributed by atoms with van der Waals surface area (Å²) in [6, 6.07) is 4.43. The quantitative estimate of drug-likeness (QED) is 0.0851. The lowest BCUT2D eigenvalue weighted by molar-refractivity contribution is -0.150. The van der Waals surface area contributed by atoms with Gasteiger partial charge in [-0.2, -0.15) is 17.4 Å². The van der Waals surface area contributed by atoms with E-state index in [-0.39, 0.29) is 51.5 Å². The summed E-state index contributed by atoms with van der Waals surface area (Å²) in [4.78, 5) is 54.7. The van der Waals surface area contributed by atoms with Crippen LogP contribution in [0, 0.1) is 5.92 Å². The van der Waals surface area contributed by atoms with E-state index in [2.05, 4.69) is 25.6 Å². The maximum atomic E-state index is 13.6. The number of esters is 1. The maximum Gasteiger partial charge on any atom is 0.338 e. The fourth-order valence-electron chi connectivity index (χ4n) is 5.34. The molecule has 0 saturated carbocycles. The lowest BCUT2D eigenvalue weighted by Gasteiger charge is -2.30. The zero-order valence-corrected chi connectivity index (χ0v) is 28.7. The predicted molar refractivity (Wildman–Crippen MR) is 175 cm³/mol. The number of carbonyl (C=O) groups is 4. The highest BCUT2D eigenvalue weighted by atomic mass is 32.2. The van der Waals surface area contributed by atoms with E-state index < -0.39 is 58.1 Å². The third-order valence-corrected chi connectivity index (χ3v) is 9.58. The highest BCUT2D eigenvalue weighted by Gasteiger charge is 2.37. The molecule has 2 aliphatic heterocycles. The van der Waals surface area contributed by atoms with Gasteiger partial charge in [-0.05, 0) is 24.3 Å². The van der Waals surface area contributed by atoms with Crippen molar-refractivity contribution in [1.29, 1.82) is 0 Å². The van der Waals surface area contributed by atoms with Crippen molar-refractivity contribution in [3.63, 3.8) is 0 Å². The van der Waals surface area contributed by atoms with Gasteiger partial charge in [-0.25, -0.2) is 4.79 Å². The largest absolute Gasteiger partial charge is 0.467 e. The summed E-state index contributed by atoms with van der Waals surface area (Å²) < 4.78 is 45.3. The molecule has 0 bridgehead atoms. The fourth-order valence-corrected chi connectivity index (χ4v) is 6.67. The Kier molecular flexibility index (Phi) is 16.1. The molecule has 1 aromatic rings. The normalized spacial score (nSPS) is 18.7. The van der Waals surface area contributed by atoms with Crippen LogP contribution in [0.15, 0.2) is 30.3 Å². The molecule has 1 aromatic carbocycles. The molecule has 3 amide bonds. The Morgan fingerprint density at radius 3 is 2.17 bits per heavy atom. The minimum absolute atomic E-state index is 0.0228. The molecular weight excluding hydrogens is 648 g/mol. The summed E-state index contributed by atoms with van der Waals surface area (Å²) in [6.07, 6.45) is -1.44. The average Bonchev–Trinajstić information content (AvgIpc) is 3.07. The van der Waals surface area contributed by atoms with Crippen LogP contribution < -0.4 is 20.7 Å². The second-order valence-electron chi connectivity index (χ2n) is 12.2.